The minimum Gasteiger partial charge on any atom is -0.342 e. The lowest BCUT2D eigenvalue weighted by Gasteiger charge is -2.17. The fraction of sp³-hybridized carbons (Fsp3) is 0.900. The third kappa shape index (κ3) is 3.27. The Hall–Kier alpha value is -0.610. The molecule has 0 radical (unpaired) electrons. The highest BCUT2D eigenvalue weighted by atomic mass is 16.2. The number of nitrogens with two attached hydrogens (primary N) is 1. The van der Waals surface area contributed by atoms with Gasteiger partial charge in [-0.25, -0.2) is 0 Å². The molecule has 82 valence electrons. The van der Waals surface area contributed by atoms with E-state index >= 15 is 0 Å². The number of nitrogens with zero attached hydrogens (tertiary/aromatic N) is 2. The molecule has 1 rings (SSSR count). The number of carbonyl (C=O) groups is 1. The third-order valence-electron chi connectivity index (χ3n) is 2.66. The Morgan fingerprint density at radius 2 is 2.29 bits per heavy atom. The van der Waals surface area contributed by atoms with E-state index in [1.165, 1.54) is 0 Å². The van der Waals surface area contributed by atoms with E-state index in [0.29, 0.717) is 18.9 Å². The minimum absolute atomic E-state index is 0.277. The van der Waals surface area contributed by atoms with Gasteiger partial charge in [-0.3, -0.25) is 4.79 Å². The predicted molar refractivity (Wildman–Crippen MR) is 56.9 cm³/mol. The minimum atomic E-state index is 0.277. The van der Waals surface area contributed by atoms with Crippen LogP contribution < -0.4 is 5.73 Å². The number of amides is 1. The Labute approximate surface area is 86.0 Å². The SMILES string of the molecule is CN(C)CCCN1CC(CN)CC1=O. The van der Waals surface area contributed by atoms with Gasteiger partial charge in [0.2, 0.25) is 5.91 Å². The average molecular weight is 199 g/mol. The van der Waals surface area contributed by atoms with Crippen molar-refractivity contribution in [1.82, 2.24) is 9.80 Å². The second kappa shape index (κ2) is 5.32. The summed E-state index contributed by atoms with van der Waals surface area (Å²) in [5.41, 5.74) is 5.55. The first-order chi connectivity index (χ1) is 6.63. The zero-order valence-electron chi connectivity index (χ0n) is 9.20. The van der Waals surface area contributed by atoms with E-state index in [-0.39, 0.29) is 5.91 Å². The molecule has 4 heteroatoms. The highest BCUT2D eigenvalue weighted by Gasteiger charge is 2.27. The molecular formula is C10H21N3O. The lowest BCUT2D eigenvalue weighted by molar-refractivity contribution is -0.127. The normalized spacial score (nSPS) is 22.4. The number of likely N-dealkylation sites (tertiary alicyclic amines) is 1. The molecule has 0 bridgehead atoms. The van der Waals surface area contributed by atoms with E-state index < -0.39 is 0 Å². The molecule has 1 heterocycles. The summed E-state index contributed by atoms with van der Waals surface area (Å²) in [5, 5.41) is 0. The first-order valence-corrected chi connectivity index (χ1v) is 5.26. The summed E-state index contributed by atoms with van der Waals surface area (Å²) in [5.74, 6) is 0.668. The van der Waals surface area contributed by atoms with Crippen LogP contribution in [0.15, 0.2) is 0 Å². The summed E-state index contributed by atoms with van der Waals surface area (Å²) in [7, 11) is 4.10. The van der Waals surface area contributed by atoms with E-state index in [4.69, 9.17) is 5.73 Å². The van der Waals surface area contributed by atoms with Crippen molar-refractivity contribution >= 4 is 5.91 Å². The maximum atomic E-state index is 11.5. The fourth-order valence-electron chi connectivity index (χ4n) is 1.81. The van der Waals surface area contributed by atoms with Gasteiger partial charge in [-0.2, -0.15) is 0 Å². The van der Waals surface area contributed by atoms with Gasteiger partial charge in [0.25, 0.3) is 0 Å². The molecule has 0 aliphatic carbocycles. The smallest absolute Gasteiger partial charge is 0.222 e. The lowest BCUT2D eigenvalue weighted by atomic mass is 10.1. The van der Waals surface area contributed by atoms with E-state index in [1.807, 2.05) is 4.90 Å². The van der Waals surface area contributed by atoms with Crippen LogP contribution in [0.25, 0.3) is 0 Å². The van der Waals surface area contributed by atoms with Gasteiger partial charge in [0, 0.05) is 19.5 Å². The van der Waals surface area contributed by atoms with Crippen molar-refractivity contribution in [2.75, 3.05) is 40.3 Å². The van der Waals surface area contributed by atoms with Crippen LogP contribution in [0.1, 0.15) is 12.8 Å². The quantitative estimate of drug-likeness (QED) is 0.664. The van der Waals surface area contributed by atoms with Crippen molar-refractivity contribution < 1.29 is 4.79 Å². The average Bonchev–Trinajstić information content (AvgIpc) is 2.47. The maximum Gasteiger partial charge on any atom is 0.222 e. The van der Waals surface area contributed by atoms with Crippen LogP contribution in [0.4, 0.5) is 0 Å². The van der Waals surface area contributed by atoms with Crippen LogP contribution in [0, 0.1) is 5.92 Å². The highest BCUT2D eigenvalue weighted by molar-refractivity contribution is 5.78. The molecule has 1 unspecified atom stereocenters. The highest BCUT2D eigenvalue weighted by Crippen LogP contribution is 2.16. The molecule has 1 atom stereocenters. The van der Waals surface area contributed by atoms with Crippen LogP contribution >= 0.6 is 0 Å². The van der Waals surface area contributed by atoms with Crippen LogP contribution in [0.5, 0.6) is 0 Å². The molecule has 0 saturated carbocycles. The van der Waals surface area contributed by atoms with E-state index in [0.717, 1.165) is 26.1 Å². The molecule has 0 aromatic heterocycles. The molecule has 0 spiro atoms. The van der Waals surface area contributed by atoms with Crippen LogP contribution in [-0.4, -0.2) is 56.0 Å². The molecule has 1 aliphatic heterocycles. The summed E-state index contributed by atoms with van der Waals surface area (Å²) in [4.78, 5) is 15.6. The lowest BCUT2D eigenvalue weighted by Crippen LogP contribution is -2.29. The molecule has 1 saturated heterocycles. The van der Waals surface area contributed by atoms with E-state index in [2.05, 4.69) is 19.0 Å². The van der Waals surface area contributed by atoms with Gasteiger partial charge in [-0.05, 0) is 39.5 Å². The first kappa shape index (κ1) is 11.5. The standard InChI is InChI=1S/C10H21N3O/c1-12(2)4-3-5-13-8-9(7-11)6-10(13)14/h9H,3-8,11H2,1-2H3. The van der Waals surface area contributed by atoms with Gasteiger partial charge in [0.15, 0.2) is 0 Å². The molecule has 4 nitrogen and oxygen atoms in total. The van der Waals surface area contributed by atoms with Gasteiger partial charge in [0.05, 0.1) is 0 Å². The van der Waals surface area contributed by atoms with Gasteiger partial charge in [0.1, 0.15) is 0 Å². The van der Waals surface area contributed by atoms with Crippen molar-refractivity contribution in [2.24, 2.45) is 11.7 Å². The molecule has 0 aromatic carbocycles. The summed E-state index contributed by atoms with van der Waals surface area (Å²) in [6.07, 6.45) is 1.70. The van der Waals surface area contributed by atoms with E-state index in [1.54, 1.807) is 0 Å². The molecular weight excluding hydrogens is 178 g/mol. The van der Waals surface area contributed by atoms with Gasteiger partial charge in [-0.15, -0.1) is 0 Å². The Bertz CT molecular complexity index is 194. The van der Waals surface area contributed by atoms with Crippen LogP contribution in [0.3, 0.4) is 0 Å². The maximum absolute atomic E-state index is 11.5. The fourth-order valence-corrected chi connectivity index (χ4v) is 1.81. The van der Waals surface area contributed by atoms with Crippen molar-refractivity contribution in [3.05, 3.63) is 0 Å². The molecule has 2 N–H and O–H groups in total. The summed E-state index contributed by atoms with van der Waals surface area (Å²) in [6.45, 7) is 3.42. The number of carbonyl (C=O) groups excluding carboxylic acids is 1. The number of rotatable bonds is 5. The van der Waals surface area contributed by atoms with Gasteiger partial charge < -0.3 is 15.5 Å². The first-order valence-electron chi connectivity index (χ1n) is 5.26. The summed E-state index contributed by atoms with van der Waals surface area (Å²) in [6, 6.07) is 0. The van der Waals surface area contributed by atoms with Gasteiger partial charge >= 0.3 is 0 Å². The van der Waals surface area contributed by atoms with Crippen molar-refractivity contribution in [3.8, 4) is 0 Å². The zero-order valence-corrected chi connectivity index (χ0v) is 9.20. The Kier molecular flexibility index (Phi) is 4.35. The van der Waals surface area contributed by atoms with Crippen LogP contribution in [-0.2, 0) is 4.79 Å². The zero-order chi connectivity index (χ0) is 10.6. The van der Waals surface area contributed by atoms with Gasteiger partial charge in [-0.1, -0.05) is 0 Å². The molecule has 1 amide bonds. The summed E-state index contributed by atoms with van der Waals surface area (Å²) >= 11 is 0. The van der Waals surface area contributed by atoms with Crippen molar-refractivity contribution in [3.63, 3.8) is 0 Å². The number of hydrogen-bond donors (Lipinski definition) is 1. The second-order valence-corrected chi connectivity index (χ2v) is 4.30. The Morgan fingerprint density at radius 3 is 2.79 bits per heavy atom. The van der Waals surface area contributed by atoms with E-state index in [9.17, 15) is 4.79 Å². The number of hydrogen-bond acceptors (Lipinski definition) is 3. The molecule has 14 heavy (non-hydrogen) atoms. The summed E-state index contributed by atoms with van der Waals surface area (Å²) < 4.78 is 0. The predicted octanol–water partition coefficient (Wildman–Crippen LogP) is -0.255. The third-order valence-corrected chi connectivity index (χ3v) is 2.66. The largest absolute Gasteiger partial charge is 0.342 e. The Balaban J connectivity index is 2.21. The molecule has 1 aliphatic rings. The Morgan fingerprint density at radius 1 is 1.57 bits per heavy atom. The van der Waals surface area contributed by atoms with Crippen LogP contribution in [0.2, 0.25) is 0 Å². The second-order valence-electron chi connectivity index (χ2n) is 4.30. The van der Waals surface area contributed by atoms with Crippen molar-refractivity contribution in [1.29, 1.82) is 0 Å². The molecule has 0 aromatic rings. The topological polar surface area (TPSA) is 49.6 Å². The van der Waals surface area contributed by atoms with Crippen molar-refractivity contribution in [2.45, 2.75) is 12.8 Å². The molecule has 1 fully saturated rings. The monoisotopic (exact) mass is 199 g/mol.